The van der Waals surface area contributed by atoms with Crippen molar-refractivity contribution in [3.63, 3.8) is 0 Å². The van der Waals surface area contributed by atoms with E-state index in [0.29, 0.717) is 24.6 Å². The SMILES string of the molecule is CN1C2CCC1[C@@H](COc1cccc(F)c1F)[C@H](c1cccc(Cl)c1)C2. The number of nitrogens with zero attached hydrogens (tertiary/aromatic N) is 1. The van der Waals surface area contributed by atoms with Crippen molar-refractivity contribution < 1.29 is 13.5 Å². The number of halogens is 3. The summed E-state index contributed by atoms with van der Waals surface area (Å²) in [7, 11) is 2.16. The number of ether oxygens (including phenoxy) is 1. The number of rotatable bonds is 4. The fourth-order valence-electron chi connectivity index (χ4n) is 4.71. The van der Waals surface area contributed by atoms with Crippen LogP contribution >= 0.6 is 11.6 Å². The molecule has 2 aliphatic heterocycles. The van der Waals surface area contributed by atoms with Crippen molar-refractivity contribution in [3.05, 3.63) is 64.7 Å². The van der Waals surface area contributed by atoms with Gasteiger partial charge in [-0.1, -0.05) is 29.8 Å². The van der Waals surface area contributed by atoms with Crippen LogP contribution in [0, 0.1) is 17.6 Å². The van der Waals surface area contributed by atoms with Gasteiger partial charge in [-0.25, -0.2) is 4.39 Å². The van der Waals surface area contributed by atoms with Crippen molar-refractivity contribution in [1.29, 1.82) is 0 Å². The second kappa shape index (κ2) is 7.16. The van der Waals surface area contributed by atoms with E-state index >= 15 is 0 Å². The molecule has 2 bridgehead atoms. The minimum Gasteiger partial charge on any atom is -0.490 e. The maximum Gasteiger partial charge on any atom is 0.200 e. The highest BCUT2D eigenvalue weighted by atomic mass is 35.5. The van der Waals surface area contributed by atoms with Crippen LogP contribution in [0.4, 0.5) is 8.78 Å². The highest BCUT2D eigenvalue weighted by Gasteiger charge is 2.46. The number of hydrogen-bond acceptors (Lipinski definition) is 2. The summed E-state index contributed by atoms with van der Waals surface area (Å²) in [4.78, 5) is 2.43. The molecule has 2 aromatic carbocycles. The Balaban J connectivity index is 1.60. The lowest BCUT2D eigenvalue weighted by Gasteiger charge is -2.43. The molecule has 2 aliphatic rings. The normalized spacial score (nSPS) is 28.3. The number of benzene rings is 2. The minimum absolute atomic E-state index is 0.0161. The van der Waals surface area contributed by atoms with E-state index in [1.165, 1.54) is 24.1 Å². The summed E-state index contributed by atoms with van der Waals surface area (Å²) in [6, 6.07) is 13.0. The Morgan fingerprint density at radius 1 is 1.15 bits per heavy atom. The van der Waals surface area contributed by atoms with E-state index in [-0.39, 0.29) is 11.7 Å². The van der Waals surface area contributed by atoms with Gasteiger partial charge < -0.3 is 9.64 Å². The van der Waals surface area contributed by atoms with Gasteiger partial charge >= 0.3 is 0 Å². The highest BCUT2D eigenvalue weighted by molar-refractivity contribution is 6.30. The number of piperidine rings is 1. The minimum atomic E-state index is -0.916. The molecule has 0 radical (unpaired) electrons. The fourth-order valence-corrected chi connectivity index (χ4v) is 4.91. The summed E-state index contributed by atoms with van der Waals surface area (Å²) in [5.41, 5.74) is 1.20. The van der Waals surface area contributed by atoms with Gasteiger partial charge in [0.1, 0.15) is 0 Å². The molecule has 26 heavy (non-hydrogen) atoms. The molecule has 5 heteroatoms. The van der Waals surface area contributed by atoms with E-state index in [9.17, 15) is 8.78 Å². The first kappa shape index (κ1) is 17.7. The first-order valence-corrected chi connectivity index (χ1v) is 9.46. The van der Waals surface area contributed by atoms with Crippen molar-refractivity contribution in [1.82, 2.24) is 4.90 Å². The average molecular weight is 378 g/mol. The van der Waals surface area contributed by atoms with Gasteiger partial charge in [-0.2, -0.15) is 4.39 Å². The molecular formula is C21H22ClF2NO. The van der Waals surface area contributed by atoms with E-state index in [1.807, 2.05) is 18.2 Å². The molecule has 0 aromatic heterocycles. The molecular weight excluding hydrogens is 356 g/mol. The lowest BCUT2D eigenvalue weighted by atomic mass is 9.76. The second-order valence-corrected chi connectivity index (χ2v) is 7.82. The summed E-state index contributed by atoms with van der Waals surface area (Å²) in [6.45, 7) is 0.360. The molecule has 2 saturated heterocycles. The van der Waals surface area contributed by atoms with E-state index in [0.717, 1.165) is 23.9 Å². The molecule has 0 aliphatic carbocycles. The third kappa shape index (κ3) is 3.21. The number of hydrogen-bond donors (Lipinski definition) is 0. The Kier molecular flexibility index (Phi) is 4.89. The second-order valence-electron chi connectivity index (χ2n) is 7.39. The van der Waals surface area contributed by atoms with Crippen molar-refractivity contribution >= 4 is 11.6 Å². The molecule has 0 spiro atoms. The molecule has 2 heterocycles. The van der Waals surface area contributed by atoms with Gasteiger partial charge in [-0.3, -0.25) is 0 Å². The molecule has 2 aromatic rings. The maximum atomic E-state index is 14.0. The zero-order valence-electron chi connectivity index (χ0n) is 14.7. The lowest BCUT2D eigenvalue weighted by molar-refractivity contribution is 0.0652. The van der Waals surface area contributed by atoms with Gasteiger partial charge in [-0.15, -0.1) is 0 Å². The Hall–Kier alpha value is -1.65. The topological polar surface area (TPSA) is 12.5 Å². The van der Waals surface area contributed by atoms with Crippen molar-refractivity contribution in [2.75, 3.05) is 13.7 Å². The van der Waals surface area contributed by atoms with Crippen LogP contribution in [0.5, 0.6) is 5.75 Å². The zero-order valence-corrected chi connectivity index (χ0v) is 15.4. The van der Waals surface area contributed by atoms with E-state index < -0.39 is 11.6 Å². The average Bonchev–Trinajstić information content (AvgIpc) is 2.87. The van der Waals surface area contributed by atoms with E-state index in [2.05, 4.69) is 18.0 Å². The van der Waals surface area contributed by atoms with Crippen molar-refractivity contribution in [3.8, 4) is 5.75 Å². The standard InChI is InChI=1S/C21H22ClF2NO/c1-25-15-8-9-19(25)17(12-26-20-7-3-6-18(23)21(20)24)16(11-15)13-4-2-5-14(22)10-13/h2-7,10,15-17,19H,8-9,11-12H2,1H3/t15?,16-,17-,19?/m0/s1. The first-order valence-electron chi connectivity index (χ1n) is 9.09. The Labute approximate surface area is 157 Å². The van der Waals surface area contributed by atoms with Crippen LogP contribution in [0.25, 0.3) is 0 Å². The lowest BCUT2D eigenvalue weighted by Crippen LogP contribution is -2.47. The molecule has 0 amide bonds. The van der Waals surface area contributed by atoms with Gasteiger partial charge in [0.25, 0.3) is 0 Å². The van der Waals surface area contributed by atoms with Gasteiger partial charge in [0.2, 0.25) is 5.82 Å². The van der Waals surface area contributed by atoms with Crippen LogP contribution in [0.3, 0.4) is 0 Å². The maximum absolute atomic E-state index is 14.0. The van der Waals surface area contributed by atoms with Crippen LogP contribution in [-0.2, 0) is 0 Å². The first-order chi connectivity index (χ1) is 12.5. The summed E-state index contributed by atoms with van der Waals surface area (Å²) >= 11 is 6.21. The predicted molar refractivity (Wildman–Crippen MR) is 98.7 cm³/mol. The molecule has 0 N–H and O–H groups in total. The molecule has 0 saturated carbocycles. The van der Waals surface area contributed by atoms with Crippen molar-refractivity contribution in [2.24, 2.45) is 5.92 Å². The monoisotopic (exact) mass is 377 g/mol. The Bertz CT molecular complexity index is 799. The summed E-state index contributed by atoms with van der Waals surface area (Å²) in [5.74, 6) is -1.30. The highest BCUT2D eigenvalue weighted by Crippen LogP contribution is 2.46. The summed E-state index contributed by atoms with van der Waals surface area (Å²) < 4.78 is 33.2. The number of fused-ring (bicyclic) bond motifs is 2. The predicted octanol–water partition coefficient (Wildman–Crippen LogP) is 5.26. The molecule has 2 nitrogen and oxygen atoms in total. The van der Waals surface area contributed by atoms with E-state index in [1.54, 1.807) is 0 Å². The Morgan fingerprint density at radius 3 is 2.77 bits per heavy atom. The quantitative estimate of drug-likeness (QED) is 0.720. The smallest absolute Gasteiger partial charge is 0.200 e. The van der Waals surface area contributed by atoms with Gasteiger partial charge in [0, 0.05) is 23.0 Å². The molecule has 138 valence electrons. The molecule has 2 unspecified atom stereocenters. The van der Waals surface area contributed by atoms with Crippen LogP contribution in [0.15, 0.2) is 42.5 Å². The van der Waals surface area contributed by atoms with Gasteiger partial charge in [-0.05, 0) is 62.1 Å². The largest absolute Gasteiger partial charge is 0.490 e. The van der Waals surface area contributed by atoms with Crippen LogP contribution in [-0.4, -0.2) is 30.6 Å². The van der Waals surface area contributed by atoms with Crippen LogP contribution in [0.1, 0.15) is 30.7 Å². The van der Waals surface area contributed by atoms with Crippen molar-refractivity contribution in [2.45, 2.75) is 37.3 Å². The third-order valence-corrected chi connectivity index (χ3v) is 6.29. The van der Waals surface area contributed by atoms with Crippen LogP contribution in [0.2, 0.25) is 5.02 Å². The summed E-state index contributed by atoms with van der Waals surface area (Å²) in [5, 5.41) is 0.726. The van der Waals surface area contributed by atoms with Gasteiger partial charge in [0.15, 0.2) is 11.6 Å². The third-order valence-electron chi connectivity index (χ3n) is 6.06. The zero-order chi connectivity index (χ0) is 18.3. The van der Waals surface area contributed by atoms with Crippen LogP contribution < -0.4 is 4.74 Å². The Morgan fingerprint density at radius 2 is 1.96 bits per heavy atom. The molecule has 4 rings (SSSR count). The fraction of sp³-hybridized carbons (Fsp3) is 0.429. The molecule has 4 atom stereocenters. The summed E-state index contributed by atoms with van der Waals surface area (Å²) in [6.07, 6.45) is 3.31. The van der Waals surface area contributed by atoms with Gasteiger partial charge in [0.05, 0.1) is 6.61 Å². The van der Waals surface area contributed by atoms with E-state index in [4.69, 9.17) is 16.3 Å². The molecule has 2 fully saturated rings.